The molecule has 0 saturated carbocycles. The van der Waals surface area contributed by atoms with E-state index in [4.69, 9.17) is 4.74 Å². The minimum Gasteiger partial charge on any atom is -0.493 e. The van der Waals surface area contributed by atoms with Crippen LogP contribution in [0.15, 0.2) is 23.2 Å². The molecule has 166 valence electrons. The van der Waals surface area contributed by atoms with Gasteiger partial charge in [0.25, 0.3) is 0 Å². The van der Waals surface area contributed by atoms with Gasteiger partial charge in [-0.25, -0.2) is 4.99 Å². The number of nitrogens with one attached hydrogen (secondary N) is 2. The zero-order valence-corrected chi connectivity index (χ0v) is 18.3. The summed E-state index contributed by atoms with van der Waals surface area (Å²) in [6.07, 6.45) is 2.15. The van der Waals surface area contributed by atoms with E-state index >= 15 is 0 Å². The Hall–Kier alpha value is -2.09. The highest BCUT2D eigenvalue weighted by atomic mass is 19.3. The lowest BCUT2D eigenvalue weighted by atomic mass is 10.2. The molecule has 0 heterocycles. The number of rotatable bonds is 13. The van der Waals surface area contributed by atoms with Gasteiger partial charge in [-0.3, -0.25) is 0 Å². The molecule has 1 unspecified atom stereocenters. The summed E-state index contributed by atoms with van der Waals surface area (Å²) in [5.74, 6) is 0.984. The molecule has 1 rings (SSSR count). The molecule has 0 aliphatic heterocycles. The number of alkyl halides is 2. The third-order valence-corrected chi connectivity index (χ3v) is 4.60. The fraction of sp³-hybridized carbons (Fsp3) is 0.667. The highest BCUT2D eigenvalue weighted by molar-refractivity contribution is 5.80. The van der Waals surface area contributed by atoms with Crippen LogP contribution >= 0.6 is 0 Å². The van der Waals surface area contributed by atoms with E-state index in [2.05, 4.69) is 46.0 Å². The van der Waals surface area contributed by atoms with Crippen LogP contribution in [-0.4, -0.2) is 56.8 Å². The number of benzene rings is 1. The molecule has 8 heteroatoms. The Kier molecular flexibility index (Phi) is 12.0. The van der Waals surface area contributed by atoms with Crippen molar-refractivity contribution in [2.75, 3.05) is 33.3 Å². The average molecular weight is 415 g/mol. The fourth-order valence-electron chi connectivity index (χ4n) is 2.96. The lowest BCUT2D eigenvalue weighted by Gasteiger charge is -2.21. The van der Waals surface area contributed by atoms with Gasteiger partial charge in [-0.2, -0.15) is 8.78 Å². The van der Waals surface area contributed by atoms with Crippen LogP contribution in [0.5, 0.6) is 11.5 Å². The molecule has 0 fully saturated rings. The first-order valence-electron chi connectivity index (χ1n) is 10.3. The number of ether oxygens (including phenoxy) is 2. The standard InChI is InChI=1S/C21H36F2N4O2/c1-6-24-21(26-16(4)10-9-13-27(7-2)8-3)25-15-17-11-12-18(28-5)19(14-17)29-20(22)23/h11-12,14,16,20H,6-10,13,15H2,1-5H3,(H2,24,25,26). The van der Waals surface area contributed by atoms with Gasteiger partial charge in [0.15, 0.2) is 17.5 Å². The second kappa shape index (κ2) is 14.0. The van der Waals surface area contributed by atoms with Crippen molar-refractivity contribution in [3.8, 4) is 11.5 Å². The molecule has 0 aromatic heterocycles. The van der Waals surface area contributed by atoms with E-state index in [1.54, 1.807) is 12.1 Å². The van der Waals surface area contributed by atoms with Crippen LogP contribution in [0.4, 0.5) is 8.78 Å². The monoisotopic (exact) mass is 414 g/mol. The van der Waals surface area contributed by atoms with Crippen LogP contribution in [0.2, 0.25) is 0 Å². The summed E-state index contributed by atoms with van der Waals surface area (Å²) in [4.78, 5) is 6.99. The molecule has 0 radical (unpaired) electrons. The lowest BCUT2D eigenvalue weighted by Crippen LogP contribution is -2.42. The van der Waals surface area contributed by atoms with Crippen LogP contribution in [-0.2, 0) is 6.54 Å². The second-order valence-corrected chi connectivity index (χ2v) is 6.77. The number of guanidine groups is 1. The van der Waals surface area contributed by atoms with Gasteiger partial charge in [0, 0.05) is 12.6 Å². The van der Waals surface area contributed by atoms with Gasteiger partial charge in [-0.1, -0.05) is 19.9 Å². The first-order chi connectivity index (χ1) is 13.9. The summed E-state index contributed by atoms with van der Waals surface area (Å²) >= 11 is 0. The van der Waals surface area contributed by atoms with Gasteiger partial charge in [0.1, 0.15) is 0 Å². The molecule has 2 N–H and O–H groups in total. The molecule has 0 amide bonds. The molecular formula is C21H36F2N4O2. The second-order valence-electron chi connectivity index (χ2n) is 6.77. The Bertz CT molecular complexity index is 610. The van der Waals surface area contributed by atoms with Crippen molar-refractivity contribution in [2.24, 2.45) is 4.99 Å². The fourth-order valence-corrected chi connectivity index (χ4v) is 2.96. The van der Waals surface area contributed by atoms with E-state index in [9.17, 15) is 8.78 Å². The number of methoxy groups -OCH3 is 1. The Morgan fingerprint density at radius 1 is 1.17 bits per heavy atom. The normalized spacial score (nSPS) is 12.9. The van der Waals surface area contributed by atoms with Crippen molar-refractivity contribution in [2.45, 2.75) is 59.7 Å². The average Bonchev–Trinajstić information content (AvgIpc) is 2.69. The number of aliphatic imine (C=N–C) groups is 1. The molecule has 29 heavy (non-hydrogen) atoms. The van der Waals surface area contributed by atoms with E-state index in [0.29, 0.717) is 12.5 Å². The summed E-state index contributed by atoms with van der Waals surface area (Å²) in [5.41, 5.74) is 0.757. The Labute approximate surface area is 173 Å². The Balaban J connectivity index is 2.69. The summed E-state index contributed by atoms with van der Waals surface area (Å²) in [6, 6.07) is 5.21. The van der Waals surface area contributed by atoms with Gasteiger partial charge < -0.3 is 25.0 Å². The first-order valence-corrected chi connectivity index (χ1v) is 10.3. The molecule has 1 aromatic carbocycles. The number of hydrogen-bond acceptors (Lipinski definition) is 4. The molecule has 0 aliphatic carbocycles. The maximum atomic E-state index is 12.6. The molecule has 0 spiro atoms. The van der Waals surface area contributed by atoms with Gasteiger partial charge >= 0.3 is 6.61 Å². The van der Waals surface area contributed by atoms with E-state index in [0.717, 1.165) is 44.6 Å². The van der Waals surface area contributed by atoms with Crippen molar-refractivity contribution in [1.29, 1.82) is 0 Å². The van der Waals surface area contributed by atoms with E-state index < -0.39 is 6.61 Å². The summed E-state index contributed by atoms with van der Waals surface area (Å²) < 4.78 is 34.8. The van der Waals surface area contributed by atoms with Crippen LogP contribution in [0, 0.1) is 0 Å². The number of nitrogens with zero attached hydrogens (tertiary/aromatic N) is 2. The third kappa shape index (κ3) is 9.78. The predicted molar refractivity (Wildman–Crippen MR) is 114 cm³/mol. The quantitative estimate of drug-likeness (QED) is 0.379. The van der Waals surface area contributed by atoms with E-state index in [1.165, 1.54) is 13.2 Å². The summed E-state index contributed by atoms with van der Waals surface area (Å²) in [6.45, 7) is 9.90. The molecule has 1 aromatic rings. The zero-order valence-electron chi connectivity index (χ0n) is 18.3. The zero-order chi connectivity index (χ0) is 21.6. The highest BCUT2D eigenvalue weighted by Gasteiger charge is 2.12. The van der Waals surface area contributed by atoms with Gasteiger partial charge in [0.05, 0.1) is 13.7 Å². The minimum atomic E-state index is -2.90. The SMILES string of the molecule is CCNC(=NCc1ccc(OC)c(OC(F)F)c1)NC(C)CCCN(CC)CC. The molecule has 0 aliphatic rings. The molecular weight excluding hydrogens is 378 g/mol. The van der Waals surface area contributed by atoms with Crippen molar-refractivity contribution in [1.82, 2.24) is 15.5 Å². The first kappa shape index (κ1) is 24.9. The Morgan fingerprint density at radius 2 is 1.90 bits per heavy atom. The predicted octanol–water partition coefficient (Wildman–Crippen LogP) is 3.86. The maximum absolute atomic E-state index is 12.6. The molecule has 0 bridgehead atoms. The molecule has 6 nitrogen and oxygen atoms in total. The van der Waals surface area contributed by atoms with Gasteiger partial charge in [0.2, 0.25) is 0 Å². The van der Waals surface area contributed by atoms with Crippen molar-refractivity contribution >= 4 is 5.96 Å². The van der Waals surface area contributed by atoms with Crippen LogP contribution in [0.3, 0.4) is 0 Å². The molecule has 1 atom stereocenters. The highest BCUT2D eigenvalue weighted by Crippen LogP contribution is 2.29. The third-order valence-electron chi connectivity index (χ3n) is 4.60. The lowest BCUT2D eigenvalue weighted by molar-refractivity contribution is -0.0512. The van der Waals surface area contributed by atoms with Crippen molar-refractivity contribution in [3.63, 3.8) is 0 Å². The smallest absolute Gasteiger partial charge is 0.387 e. The molecule has 0 saturated heterocycles. The maximum Gasteiger partial charge on any atom is 0.387 e. The largest absolute Gasteiger partial charge is 0.493 e. The van der Waals surface area contributed by atoms with Crippen LogP contribution < -0.4 is 20.1 Å². The van der Waals surface area contributed by atoms with Crippen molar-refractivity contribution < 1.29 is 18.3 Å². The van der Waals surface area contributed by atoms with E-state index in [1.807, 2.05) is 6.92 Å². The van der Waals surface area contributed by atoms with Crippen LogP contribution in [0.25, 0.3) is 0 Å². The van der Waals surface area contributed by atoms with Gasteiger partial charge in [-0.15, -0.1) is 0 Å². The Morgan fingerprint density at radius 3 is 2.48 bits per heavy atom. The number of halogens is 2. The van der Waals surface area contributed by atoms with Crippen LogP contribution in [0.1, 0.15) is 46.1 Å². The summed E-state index contributed by atoms with van der Waals surface area (Å²) in [7, 11) is 1.42. The summed E-state index contributed by atoms with van der Waals surface area (Å²) in [5, 5.41) is 6.64. The van der Waals surface area contributed by atoms with E-state index in [-0.39, 0.29) is 17.5 Å². The topological polar surface area (TPSA) is 58.1 Å². The van der Waals surface area contributed by atoms with Gasteiger partial charge in [-0.05, 0) is 64.0 Å². The number of hydrogen-bond donors (Lipinski definition) is 2. The van der Waals surface area contributed by atoms with Crippen molar-refractivity contribution in [3.05, 3.63) is 23.8 Å². The minimum absolute atomic E-state index is 0.0120.